The Kier molecular flexibility index (Phi) is 2.50. The van der Waals surface area contributed by atoms with E-state index in [0.717, 1.165) is 12.8 Å². The Morgan fingerprint density at radius 3 is 2.81 bits per heavy atom. The smallest absolute Gasteiger partial charge is 0.204 e. The molecule has 1 heterocycles. The number of methoxy groups -OCH3 is 1. The van der Waals surface area contributed by atoms with Crippen LogP contribution in [-0.4, -0.2) is 28.2 Å². The lowest BCUT2D eigenvalue weighted by atomic mass is 9.89. The first kappa shape index (κ1) is 11.1. The lowest BCUT2D eigenvalue weighted by Crippen LogP contribution is -2.47. The molecule has 0 aromatic carbocycles. The van der Waals surface area contributed by atoms with Crippen molar-refractivity contribution in [3.8, 4) is 5.75 Å². The van der Waals surface area contributed by atoms with Gasteiger partial charge in [0.15, 0.2) is 5.75 Å². The molecule has 1 atom stereocenters. The summed E-state index contributed by atoms with van der Waals surface area (Å²) in [6.45, 7) is 1.79. The summed E-state index contributed by atoms with van der Waals surface area (Å²) in [5.74, 6) is 0.691. The Morgan fingerprint density at radius 1 is 1.69 bits per heavy atom. The van der Waals surface area contributed by atoms with Crippen LogP contribution in [0.4, 0.5) is 0 Å². The number of aromatic nitrogens is 2. The van der Waals surface area contributed by atoms with Crippen LogP contribution in [0.5, 0.6) is 5.75 Å². The highest BCUT2D eigenvalue weighted by Gasteiger charge is 2.46. The number of ketones is 1. The van der Waals surface area contributed by atoms with Crippen LogP contribution in [0, 0.1) is 5.92 Å². The van der Waals surface area contributed by atoms with Crippen molar-refractivity contribution < 1.29 is 9.53 Å². The van der Waals surface area contributed by atoms with Crippen molar-refractivity contribution in [3.05, 3.63) is 11.9 Å². The highest BCUT2D eigenvalue weighted by atomic mass is 16.5. The van der Waals surface area contributed by atoms with Crippen molar-refractivity contribution in [1.29, 1.82) is 0 Å². The molecule has 1 aromatic rings. The first-order chi connectivity index (χ1) is 7.48. The van der Waals surface area contributed by atoms with Crippen LogP contribution in [0.3, 0.4) is 0 Å². The summed E-state index contributed by atoms with van der Waals surface area (Å²) in [5, 5.41) is 4.02. The largest absolute Gasteiger partial charge is 0.493 e. The average molecular weight is 223 g/mol. The molecule has 1 aromatic heterocycles. The fraction of sp³-hybridized carbons (Fsp3) is 0.636. The summed E-state index contributed by atoms with van der Waals surface area (Å²) in [7, 11) is 3.25. The molecule has 1 fully saturated rings. The van der Waals surface area contributed by atoms with Gasteiger partial charge in [-0.1, -0.05) is 0 Å². The summed E-state index contributed by atoms with van der Waals surface area (Å²) in [5.41, 5.74) is 5.76. The Hall–Kier alpha value is -1.36. The van der Waals surface area contributed by atoms with E-state index in [1.165, 1.54) is 18.0 Å². The zero-order valence-electron chi connectivity index (χ0n) is 9.86. The first-order valence-corrected chi connectivity index (χ1v) is 5.38. The van der Waals surface area contributed by atoms with E-state index in [9.17, 15) is 4.79 Å². The van der Waals surface area contributed by atoms with Gasteiger partial charge in [0.2, 0.25) is 5.78 Å². The second-order valence-corrected chi connectivity index (χ2v) is 4.57. The van der Waals surface area contributed by atoms with E-state index in [-0.39, 0.29) is 5.78 Å². The minimum atomic E-state index is -0.804. The van der Waals surface area contributed by atoms with E-state index in [1.807, 2.05) is 0 Å². The van der Waals surface area contributed by atoms with Crippen molar-refractivity contribution in [1.82, 2.24) is 9.78 Å². The standard InChI is InChI=1S/C11H17N3O2/c1-11(12,7-4-5-7)10(15)9-8(16-3)6-13-14(9)2/h6-7H,4-5,12H2,1-3H3. The minimum absolute atomic E-state index is 0.0909. The Balaban J connectivity index is 2.36. The molecule has 1 aliphatic rings. The van der Waals surface area contributed by atoms with E-state index in [1.54, 1.807) is 14.0 Å². The van der Waals surface area contributed by atoms with E-state index in [4.69, 9.17) is 10.5 Å². The molecule has 5 heteroatoms. The van der Waals surface area contributed by atoms with E-state index in [2.05, 4.69) is 5.10 Å². The van der Waals surface area contributed by atoms with Gasteiger partial charge in [0.05, 0.1) is 18.8 Å². The van der Waals surface area contributed by atoms with Gasteiger partial charge >= 0.3 is 0 Å². The normalized spacial score (nSPS) is 19.2. The summed E-state index contributed by atoms with van der Waals surface area (Å²) in [4.78, 5) is 12.3. The van der Waals surface area contributed by atoms with E-state index in [0.29, 0.717) is 17.4 Å². The van der Waals surface area contributed by atoms with Gasteiger partial charge in [-0.2, -0.15) is 5.10 Å². The molecule has 1 aliphatic carbocycles. The van der Waals surface area contributed by atoms with Gasteiger partial charge in [0.25, 0.3) is 0 Å². The number of carbonyl (C=O) groups excluding carboxylic acids is 1. The van der Waals surface area contributed by atoms with Gasteiger partial charge in [0, 0.05) is 7.05 Å². The van der Waals surface area contributed by atoms with Gasteiger partial charge in [0.1, 0.15) is 5.69 Å². The minimum Gasteiger partial charge on any atom is -0.493 e. The summed E-state index contributed by atoms with van der Waals surface area (Å²) in [6, 6.07) is 0. The SMILES string of the molecule is COc1cnn(C)c1C(=O)C(C)(N)C1CC1. The fourth-order valence-corrected chi connectivity index (χ4v) is 1.95. The van der Waals surface area contributed by atoms with Crippen molar-refractivity contribution >= 4 is 5.78 Å². The topological polar surface area (TPSA) is 70.1 Å². The predicted molar refractivity (Wildman–Crippen MR) is 59.4 cm³/mol. The molecule has 0 bridgehead atoms. The molecule has 0 saturated heterocycles. The van der Waals surface area contributed by atoms with Crippen LogP contribution in [0.1, 0.15) is 30.3 Å². The molecule has 2 N–H and O–H groups in total. The zero-order chi connectivity index (χ0) is 11.9. The number of aryl methyl sites for hydroxylation is 1. The van der Waals surface area contributed by atoms with E-state index >= 15 is 0 Å². The van der Waals surface area contributed by atoms with Crippen LogP contribution in [0.15, 0.2) is 6.20 Å². The maximum absolute atomic E-state index is 12.3. The summed E-state index contributed by atoms with van der Waals surface area (Å²) in [6.07, 6.45) is 3.59. The molecule has 88 valence electrons. The van der Waals surface area contributed by atoms with Crippen LogP contribution >= 0.6 is 0 Å². The maximum Gasteiger partial charge on any atom is 0.204 e. The number of hydrogen-bond acceptors (Lipinski definition) is 4. The quantitative estimate of drug-likeness (QED) is 0.764. The van der Waals surface area contributed by atoms with Crippen molar-refractivity contribution in [2.75, 3.05) is 7.11 Å². The third-order valence-corrected chi connectivity index (χ3v) is 3.25. The number of nitrogens with two attached hydrogens (primary N) is 1. The Morgan fingerprint density at radius 2 is 2.31 bits per heavy atom. The van der Waals surface area contributed by atoms with Crippen LogP contribution < -0.4 is 10.5 Å². The molecule has 2 rings (SSSR count). The average Bonchev–Trinajstić information content (AvgIpc) is 3.02. The molecule has 0 radical (unpaired) electrons. The lowest BCUT2D eigenvalue weighted by molar-refractivity contribution is 0.0870. The molecule has 1 saturated carbocycles. The third kappa shape index (κ3) is 1.61. The maximum atomic E-state index is 12.3. The van der Waals surface area contributed by atoms with Crippen molar-refractivity contribution in [2.45, 2.75) is 25.3 Å². The molecule has 0 aliphatic heterocycles. The van der Waals surface area contributed by atoms with Gasteiger partial charge in [-0.05, 0) is 25.7 Å². The number of ether oxygens (including phenoxy) is 1. The molecular formula is C11H17N3O2. The Labute approximate surface area is 94.6 Å². The summed E-state index contributed by atoms with van der Waals surface area (Å²) < 4.78 is 6.65. The number of carbonyl (C=O) groups is 1. The number of rotatable bonds is 4. The fourth-order valence-electron chi connectivity index (χ4n) is 1.95. The second-order valence-electron chi connectivity index (χ2n) is 4.57. The second kappa shape index (κ2) is 3.59. The van der Waals surface area contributed by atoms with Gasteiger partial charge < -0.3 is 10.5 Å². The molecular weight excluding hydrogens is 206 g/mol. The monoisotopic (exact) mass is 223 g/mol. The molecule has 0 amide bonds. The van der Waals surface area contributed by atoms with Crippen LogP contribution in [-0.2, 0) is 7.05 Å². The predicted octanol–water partition coefficient (Wildman–Crippen LogP) is 0.739. The third-order valence-electron chi connectivity index (χ3n) is 3.25. The highest BCUT2D eigenvalue weighted by molar-refractivity contribution is 6.04. The van der Waals surface area contributed by atoms with Crippen LogP contribution in [0.2, 0.25) is 0 Å². The van der Waals surface area contributed by atoms with Crippen molar-refractivity contribution in [2.24, 2.45) is 18.7 Å². The van der Waals surface area contributed by atoms with Gasteiger partial charge in [-0.25, -0.2) is 0 Å². The molecule has 1 unspecified atom stereocenters. The zero-order valence-corrected chi connectivity index (χ0v) is 9.86. The lowest BCUT2D eigenvalue weighted by Gasteiger charge is -2.22. The van der Waals surface area contributed by atoms with Crippen molar-refractivity contribution in [3.63, 3.8) is 0 Å². The van der Waals surface area contributed by atoms with Gasteiger partial charge in [-0.15, -0.1) is 0 Å². The number of nitrogens with zero attached hydrogens (tertiary/aromatic N) is 2. The highest BCUT2D eigenvalue weighted by Crippen LogP contribution is 2.40. The summed E-state index contributed by atoms with van der Waals surface area (Å²) >= 11 is 0. The number of hydrogen-bond donors (Lipinski definition) is 1. The van der Waals surface area contributed by atoms with Gasteiger partial charge in [-0.3, -0.25) is 9.48 Å². The molecule has 0 spiro atoms. The molecule has 5 nitrogen and oxygen atoms in total. The van der Waals surface area contributed by atoms with Crippen LogP contribution in [0.25, 0.3) is 0 Å². The first-order valence-electron chi connectivity index (χ1n) is 5.38. The number of Topliss-reactive ketones (excluding diaryl/α,β-unsaturated/α-hetero) is 1. The molecule has 16 heavy (non-hydrogen) atoms. The Bertz CT molecular complexity index is 419. The van der Waals surface area contributed by atoms with E-state index < -0.39 is 5.54 Å².